The highest BCUT2D eigenvalue weighted by Crippen LogP contribution is 2.29. The van der Waals surface area contributed by atoms with Gasteiger partial charge in [-0.25, -0.2) is 9.48 Å². The second-order valence-electron chi connectivity index (χ2n) is 13.4. The molecule has 1 aliphatic heterocycles. The molecule has 0 spiro atoms. The van der Waals surface area contributed by atoms with Crippen LogP contribution >= 0.6 is 0 Å². The van der Waals surface area contributed by atoms with Gasteiger partial charge in [-0.2, -0.15) is 5.10 Å². The van der Waals surface area contributed by atoms with Gasteiger partial charge >= 0.3 is 6.03 Å². The number of aryl methyl sites for hydroxylation is 4. The van der Waals surface area contributed by atoms with E-state index in [1.54, 1.807) is 4.68 Å². The maximum Gasteiger partial charge on any atom is 0.324 e. The Labute approximate surface area is 261 Å². The van der Waals surface area contributed by atoms with Crippen LogP contribution < -0.4 is 10.6 Å². The van der Waals surface area contributed by atoms with E-state index in [2.05, 4.69) is 56.5 Å². The molecule has 7 heteroatoms. The summed E-state index contributed by atoms with van der Waals surface area (Å²) >= 11 is 0. The van der Waals surface area contributed by atoms with E-state index in [0.717, 1.165) is 77.2 Å². The minimum atomic E-state index is -0.310. The number of para-hydroxylation sites is 1. The van der Waals surface area contributed by atoms with Crippen LogP contribution in [-0.4, -0.2) is 39.7 Å². The summed E-state index contributed by atoms with van der Waals surface area (Å²) in [6.07, 6.45) is 2.71. The van der Waals surface area contributed by atoms with E-state index in [0.29, 0.717) is 11.7 Å². The third kappa shape index (κ3) is 7.04. The number of carbonyl (C=O) groups is 2. The normalized spacial score (nSPS) is 14.0. The van der Waals surface area contributed by atoms with Gasteiger partial charge in [0, 0.05) is 35.8 Å². The maximum atomic E-state index is 13.4. The largest absolute Gasteiger partial charge is 0.339 e. The number of rotatable bonds is 6. The fourth-order valence-corrected chi connectivity index (χ4v) is 6.14. The minimum Gasteiger partial charge on any atom is -0.339 e. The molecule has 0 radical (unpaired) electrons. The van der Waals surface area contributed by atoms with E-state index in [-0.39, 0.29) is 17.4 Å². The van der Waals surface area contributed by atoms with E-state index in [1.165, 1.54) is 5.56 Å². The standard InChI is InChI=1S/C37H45N5O2/c1-24-12-14-30(15-13-24)42-33(23-32(40-42)37(5,6)7)39-36(44)38-31-11-9-8-10-29(31)22-28-16-18-41(19-17-28)35(43)34-26(3)20-25(2)21-27(34)4/h8-15,20-21,23,28H,16-19,22H2,1-7H3,(H2,38,39,44). The highest BCUT2D eigenvalue weighted by molar-refractivity contribution is 6.00. The van der Waals surface area contributed by atoms with Crippen molar-refractivity contribution in [2.24, 2.45) is 5.92 Å². The zero-order chi connectivity index (χ0) is 31.6. The Morgan fingerprint density at radius 3 is 2.11 bits per heavy atom. The first-order chi connectivity index (χ1) is 20.9. The maximum absolute atomic E-state index is 13.4. The molecule has 1 saturated heterocycles. The lowest BCUT2D eigenvalue weighted by molar-refractivity contribution is 0.0689. The van der Waals surface area contributed by atoms with Crippen LogP contribution in [0, 0.1) is 33.6 Å². The number of anilines is 2. The summed E-state index contributed by atoms with van der Waals surface area (Å²) in [5, 5.41) is 11.0. The Balaban J connectivity index is 1.25. The lowest BCUT2D eigenvalue weighted by Gasteiger charge is -2.33. The van der Waals surface area contributed by atoms with Crippen LogP contribution in [-0.2, 0) is 11.8 Å². The molecule has 1 fully saturated rings. The SMILES string of the molecule is Cc1ccc(-n2nc(C(C)(C)C)cc2NC(=O)Nc2ccccc2CC2CCN(C(=O)c3c(C)cc(C)cc3C)CC2)cc1. The van der Waals surface area contributed by atoms with Gasteiger partial charge < -0.3 is 10.2 Å². The highest BCUT2D eigenvalue weighted by atomic mass is 16.2. The molecule has 3 aromatic carbocycles. The number of aromatic nitrogens is 2. The first kappa shape index (κ1) is 31.0. The Bertz CT molecular complexity index is 1630. The van der Waals surface area contributed by atoms with Gasteiger partial charge in [0.2, 0.25) is 0 Å². The first-order valence-electron chi connectivity index (χ1n) is 15.6. The molecule has 4 aromatic rings. The molecule has 0 bridgehead atoms. The molecule has 230 valence electrons. The molecule has 2 N–H and O–H groups in total. The Kier molecular flexibility index (Phi) is 8.95. The van der Waals surface area contributed by atoms with Crippen LogP contribution in [0.2, 0.25) is 0 Å². The summed E-state index contributed by atoms with van der Waals surface area (Å²) in [6.45, 7) is 16.0. The third-order valence-corrected chi connectivity index (χ3v) is 8.56. The molecule has 7 nitrogen and oxygen atoms in total. The number of hydrogen-bond acceptors (Lipinski definition) is 3. The molecule has 3 amide bonds. The van der Waals surface area contributed by atoms with Crippen molar-refractivity contribution in [1.82, 2.24) is 14.7 Å². The highest BCUT2D eigenvalue weighted by Gasteiger charge is 2.27. The van der Waals surface area contributed by atoms with E-state index in [1.807, 2.05) is 74.2 Å². The molecule has 0 saturated carbocycles. The van der Waals surface area contributed by atoms with Crippen molar-refractivity contribution in [3.63, 3.8) is 0 Å². The quantitative estimate of drug-likeness (QED) is 0.238. The molecule has 0 unspecified atom stereocenters. The van der Waals surface area contributed by atoms with Gasteiger partial charge in [-0.15, -0.1) is 0 Å². The summed E-state index contributed by atoms with van der Waals surface area (Å²) in [6, 6.07) is 21.9. The monoisotopic (exact) mass is 591 g/mol. The van der Waals surface area contributed by atoms with E-state index in [4.69, 9.17) is 5.10 Å². The molecule has 0 aliphatic carbocycles. The van der Waals surface area contributed by atoms with Crippen molar-refractivity contribution in [1.29, 1.82) is 0 Å². The van der Waals surface area contributed by atoms with Gasteiger partial charge in [-0.05, 0) is 87.8 Å². The summed E-state index contributed by atoms with van der Waals surface area (Å²) in [7, 11) is 0. The molecular weight excluding hydrogens is 546 g/mol. The van der Waals surface area contributed by atoms with Gasteiger partial charge in [0.1, 0.15) is 5.82 Å². The van der Waals surface area contributed by atoms with Crippen molar-refractivity contribution in [2.45, 2.75) is 73.1 Å². The number of amides is 3. The summed E-state index contributed by atoms with van der Waals surface area (Å²) < 4.78 is 1.79. The summed E-state index contributed by atoms with van der Waals surface area (Å²) in [5.74, 6) is 1.18. The van der Waals surface area contributed by atoms with Crippen molar-refractivity contribution in [2.75, 3.05) is 23.7 Å². The number of likely N-dealkylation sites (tertiary alicyclic amines) is 1. The Morgan fingerprint density at radius 2 is 1.48 bits per heavy atom. The van der Waals surface area contributed by atoms with Crippen LogP contribution in [0.5, 0.6) is 0 Å². The number of urea groups is 1. The number of nitrogens with zero attached hydrogens (tertiary/aromatic N) is 3. The van der Waals surface area contributed by atoms with Crippen molar-refractivity contribution in [3.05, 3.63) is 106 Å². The van der Waals surface area contributed by atoms with Gasteiger partial charge in [0.25, 0.3) is 5.91 Å². The average molecular weight is 592 g/mol. The van der Waals surface area contributed by atoms with Crippen LogP contribution in [0.25, 0.3) is 5.69 Å². The molecule has 2 heterocycles. The number of benzene rings is 3. The predicted molar refractivity (Wildman–Crippen MR) is 179 cm³/mol. The number of piperidine rings is 1. The Morgan fingerprint density at radius 1 is 0.841 bits per heavy atom. The topological polar surface area (TPSA) is 79.3 Å². The fraction of sp³-hybridized carbons (Fsp3) is 0.378. The predicted octanol–water partition coefficient (Wildman–Crippen LogP) is 8.14. The van der Waals surface area contributed by atoms with E-state index >= 15 is 0 Å². The van der Waals surface area contributed by atoms with Crippen molar-refractivity contribution in [3.8, 4) is 5.69 Å². The molecule has 1 aromatic heterocycles. The van der Waals surface area contributed by atoms with Gasteiger partial charge in [0.15, 0.2) is 0 Å². The second-order valence-corrected chi connectivity index (χ2v) is 13.4. The summed E-state index contributed by atoms with van der Waals surface area (Å²) in [4.78, 5) is 28.7. The molecular formula is C37H45N5O2. The van der Waals surface area contributed by atoms with E-state index in [9.17, 15) is 9.59 Å². The first-order valence-corrected chi connectivity index (χ1v) is 15.6. The zero-order valence-corrected chi connectivity index (χ0v) is 27.1. The summed E-state index contributed by atoms with van der Waals surface area (Å²) in [5.41, 5.74) is 8.78. The smallest absolute Gasteiger partial charge is 0.324 e. The van der Waals surface area contributed by atoms with Crippen molar-refractivity contribution >= 4 is 23.4 Å². The van der Waals surface area contributed by atoms with E-state index < -0.39 is 0 Å². The lowest BCUT2D eigenvalue weighted by atomic mass is 9.89. The van der Waals surface area contributed by atoms with Gasteiger partial charge in [0.05, 0.1) is 11.4 Å². The number of nitrogens with one attached hydrogen (secondary N) is 2. The minimum absolute atomic E-state index is 0.136. The molecule has 44 heavy (non-hydrogen) atoms. The van der Waals surface area contributed by atoms with Gasteiger partial charge in [-0.1, -0.05) is 74.4 Å². The van der Waals surface area contributed by atoms with Crippen LogP contribution in [0.1, 0.15) is 77.5 Å². The third-order valence-electron chi connectivity index (χ3n) is 8.56. The Hall–Kier alpha value is -4.39. The number of hydrogen-bond donors (Lipinski definition) is 2. The van der Waals surface area contributed by atoms with Crippen LogP contribution in [0.4, 0.5) is 16.3 Å². The average Bonchev–Trinajstić information content (AvgIpc) is 3.38. The van der Waals surface area contributed by atoms with Crippen LogP contribution in [0.15, 0.2) is 66.7 Å². The lowest BCUT2D eigenvalue weighted by Crippen LogP contribution is -2.39. The fourth-order valence-electron chi connectivity index (χ4n) is 6.14. The van der Waals surface area contributed by atoms with Crippen LogP contribution in [0.3, 0.4) is 0 Å². The van der Waals surface area contributed by atoms with Gasteiger partial charge in [-0.3, -0.25) is 10.1 Å². The molecule has 5 rings (SSSR count). The molecule has 0 atom stereocenters. The zero-order valence-electron chi connectivity index (χ0n) is 27.1. The molecule has 1 aliphatic rings. The second kappa shape index (κ2) is 12.7. The van der Waals surface area contributed by atoms with Crippen molar-refractivity contribution < 1.29 is 9.59 Å². The number of carbonyl (C=O) groups excluding carboxylic acids is 2.